The molecule has 1 aromatic carbocycles. The fourth-order valence-corrected chi connectivity index (χ4v) is 3.23. The second-order valence-corrected chi connectivity index (χ2v) is 6.77. The minimum Gasteiger partial charge on any atom is -0.357 e. The zero-order chi connectivity index (χ0) is 17.2. The van der Waals surface area contributed by atoms with Crippen LogP contribution in [0.25, 0.3) is 0 Å². The number of aryl methyl sites for hydroxylation is 1. The van der Waals surface area contributed by atoms with Gasteiger partial charge in [0.2, 0.25) is 0 Å². The largest absolute Gasteiger partial charge is 0.357 e. The summed E-state index contributed by atoms with van der Waals surface area (Å²) in [6.45, 7) is 10.8. The summed E-state index contributed by atoms with van der Waals surface area (Å²) in [4.78, 5) is 9.63. The Morgan fingerprint density at radius 2 is 1.92 bits per heavy atom. The minimum atomic E-state index is 0. The third kappa shape index (κ3) is 7.94. The topological polar surface area (TPSA) is 30.9 Å². The maximum Gasteiger partial charge on any atom is 0.193 e. The molecule has 142 valence electrons. The van der Waals surface area contributed by atoms with E-state index in [-0.39, 0.29) is 24.0 Å². The first-order valence-corrected chi connectivity index (χ1v) is 9.47. The number of aliphatic imine (C=N–C) groups is 1. The number of nitrogens with zero attached hydrogens (tertiary/aromatic N) is 3. The van der Waals surface area contributed by atoms with Crippen molar-refractivity contribution >= 4 is 29.9 Å². The van der Waals surface area contributed by atoms with Crippen LogP contribution in [0.5, 0.6) is 0 Å². The Labute approximate surface area is 171 Å². The van der Waals surface area contributed by atoms with Gasteiger partial charge in [0.05, 0.1) is 0 Å². The number of likely N-dealkylation sites (tertiary alicyclic amines) is 1. The van der Waals surface area contributed by atoms with Gasteiger partial charge >= 0.3 is 0 Å². The summed E-state index contributed by atoms with van der Waals surface area (Å²) in [5, 5.41) is 3.42. The van der Waals surface area contributed by atoms with E-state index in [2.05, 4.69) is 60.3 Å². The van der Waals surface area contributed by atoms with Crippen molar-refractivity contribution in [3.05, 3.63) is 35.4 Å². The Hall–Kier alpha value is -0.820. The van der Waals surface area contributed by atoms with Gasteiger partial charge in [0, 0.05) is 26.7 Å². The Morgan fingerprint density at radius 3 is 2.60 bits per heavy atom. The van der Waals surface area contributed by atoms with Crippen LogP contribution in [-0.4, -0.2) is 55.5 Å². The lowest BCUT2D eigenvalue weighted by Crippen LogP contribution is -2.38. The van der Waals surface area contributed by atoms with Crippen molar-refractivity contribution in [1.82, 2.24) is 15.1 Å². The summed E-state index contributed by atoms with van der Waals surface area (Å²) in [5.74, 6) is 1.02. The molecule has 1 aliphatic rings. The number of hydrogen-bond donors (Lipinski definition) is 1. The summed E-state index contributed by atoms with van der Waals surface area (Å²) in [7, 11) is 2.12. The molecule has 0 amide bonds. The number of unbranched alkanes of at least 4 members (excludes halogenated alkanes) is 1. The van der Waals surface area contributed by atoms with E-state index in [1.54, 1.807) is 0 Å². The molecule has 0 aromatic heterocycles. The lowest BCUT2D eigenvalue weighted by atomic mass is 10.1. The van der Waals surface area contributed by atoms with E-state index in [1.165, 1.54) is 56.4 Å². The molecular formula is C20H35IN4. The van der Waals surface area contributed by atoms with Gasteiger partial charge in [-0.25, -0.2) is 0 Å². The molecule has 25 heavy (non-hydrogen) atoms. The van der Waals surface area contributed by atoms with E-state index in [1.807, 2.05) is 0 Å². The molecule has 0 atom stereocenters. The van der Waals surface area contributed by atoms with Crippen LogP contribution in [0.4, 0.5) is 0 Å². The molecule has 2 rings (SSSR count). The molecule has 0 aliphatic carbocycles. The lowest BCUT2D eigenvalue weighted by Gasteiger charge is -2.23. The fraction of sp³-hybridized carbons (Fsp3) is 0.650. The fourth-order valence-electron chi connectivity index (χ4n) is 3.23. The van der Waals surface area contributed by atoms with Gasteiger partial charge in [-0.3, -0.25) is 4.99 Å². The van der Waals surface area contributed by atoms with Crippen LogP contribution in [0, 0.1) is 6.92 Å². The van der Waals surface area contributed by atoms with Crippen molar-refractivity contribution in [2.45, 2.75) is 46.1 Å². The number of halogens is 1. The van der Waals surface area contributed by atoms with Gasteiger partial charge in [-0.1, -0.05) is 24.3 Å². The normalized spacial score (nSPS) is 15.1. The van der Waals surface area contributed by atoms with Crippen molar-refractivity contribution in [3.8, 4) is 0 Å². The molecule has 1 heterocycles. The van der Waals surface area contributed by atoms with Gasteiger partial charge in [-0.15, -0.1) is 24.0 Å². The molecular weight excluding hydrogens is 423 g/mol. The molecule has 1 saturated heterocycles. The van der Waals surface area contributed by atoms with Gasteiger partial charge < -0.3 is 15.1 Å². The summed E-state index contributed by atoms with van der Waals surface area (Å²) >= 11 is 0. The molecule has 0 bridgehead atoms. The smallest absolute Gasteiger partial charge is 0.193 e. The van der Waals surface area contributed by atoms with E-state index in [0.717, 1.165) is 25.6 Å². The summed E-state index contributed by atoms with van der Waals surface area (Å²) in [6, 6.07) is 8.58. The highest BCUT2D eigenvalue weighted by molar-refractivity contribution is 14.0. The van der Waals surface area contributed by atoms with Crippen molar-refractivity contribution in [1.29, 1.82) is 0 Å². The van der Waals surface area contributed by atoms with E-state index in [9.17, 15) is 0 Å². The molecule has 4 nitrogen and oxygen atoms in total. The second kappa shape index (κ2) is 12.5. The van der Waals surface area contributed by atoms with Crippen LogP contribution in [0.15, 0.2) is 29.3 Å². The zero-order valence-corrected chi connectivity index (χ0v) is 18.5. The molecule has 0 spiro atoms. The van der Waals surface area contributed by atoms with Crippen LogP contribution < -0.4 is 5.32 Å². The van der Waals surface area contributed by atoms with Gasteiger partial charge in [0.1, 0.15) is 0 Å². The van der Waals surface area contributed by atoms with Crippen molar-refractivity contribution < 1.29 is 0 Å². The summed E-state index contributed by atoms with van der Waals surface area (Å²) in [6.07, 6.45) is 5.19. The Balaban J connectivity index is 0.00000312. The SMILES string of the molecule is CCNC(=NCCCCN1CCCC1)N(C)Cc1ccccc1C.I. The molecule has 0 radical (unpaired) electrons. The molecule has 1 aromatic rings. The number of benzene rings is 1. The predicted molar refractivity (Wildman–Crippen MR) is 119 cm³/mol. The first-order chi connectivity index (χ1) is 11.7. The molecule has 1 fully saturated rings. The number of rotatable bonds is 8. The Morgan fingerprint density at radius 1 is 1.20 bits per heavy atom. The molecule has 0 unspecified atom stereocenters. The summed E-state index contributed by atoms with van der Waals surface area (Å²) in [5.41, 5.74) is 2.70. The molecule has 5 heteroatoms. The monoisotopic (exact) mass is 458 g/mol. The van der Waals surface area contributed by atoms with Gasteiger partial charge in [0.25, 0.3) is 0 Å². The number of hydrogen-bond acceptors (Lipinski definition) is 2. The zero-order valence-electron chi connectivity index (χ0n) is 16.1. The maximum atomic E-state index is 4.82. The third-order valence-corrected chi connectivity index (χ3v) is 4.71. The molecule has 1 aliphatic heterocycles. The predicted octanol–water partition coefficient (Wildman–Crippen LogP) is 3.89. The second-order valence-electron chi connectivity index (χ2n) is 6.77. The van der Waals surface area contributed by atoms with Crippen molar-refractivity contribution in [2.75, 3.05) is 39.8 Å². The van der Waals surface area contributed by atoms with E-state index >= 15 is 0 Å². The average molecular weight is 458 g/mol. The van der Waals surface area contributed by atoms with Crippen LogP contribution >= 0.6 is 24.0 Å². The van der Waals surface area contributed by atoms with Crippen molar-refractivity contribution in [2.24, 2.45) is 4.99 Å². The quantitative estimate of drug-likeness (QED) is 0.278. The average Bonchev–Trinajstić information content (AvgIpc) is 3.09. The van der Waals surface area contributed by atoms with Gasteiger partial charge in [-0.2, -0.15) is 0 Å². The van der Waals surface area contributed by atoms with E-state index < -0.39 is 0 Å². The Bertz CT molecular complexity index is 512. The van der Waals surface area contributed by atoms with Crippen LogP contribution in [0.2, 0.25) is 0 Å². The molecule has 1 N–H and O–H groups in total. The highest BCUT2D eigenvalue weighted by atomic mass is 127. The van der Waals surface area contributed by atoms with E-state index in [0.29, 0.717) is 0 Å². The Kier molecular flexibility index (Phi) is 11.1. The van der Waals surface area contributed by atoms with Gasteiger partial charge in [0.15, 0.2) is 5.96 Å². The number of guanidine groups is 1. The van der Waals surface area contributed by atoms with Crippen molar-refractivity contribution in [3.63, 3.8) is 0 Å². The number of nitrogens with one attached hydrogen (secondary N) is 1. The third-order valence-electron chi connectivity index (χ3n) is 4.71. The first-order valence-electron chi connectivity index (χ1n) is 9.47. The maximum absolute atomic E-state index is 4.82. The van der Waals surface area contributed by atoms with Crippen LogP contribution in [0.1, 0.15) is 43.7 Å². The minimum absolute atomic E-state index is 0. The summed E-state index contributed by atoms with van der Waals surface area (Å²) < 4.78 is 0. The van der Waals surface area contributed by atoms with Crippen LogP contribution in [0.3, 0.4) is 0 Å². The highest BCUT2D eigenvalue weighted by Gasteiger charge is 2.10. The van der Waals surface area contributed by atoms with E-state index in [4.69, 9.17) is 4.99 Å². The lowest BCUT2D eigenvalue weighted by molar-refractivity contribution is 0.331. The highest BCUT2D eigenvalue weighted by Crippen LogP contribution is 2.10. The standard InChI is InChI=1S/C20H34N4.HI/c1-4-21-20(22-13-7-8-14-24-15-9-10-16-24)23(3)17-19-12-6-5-11-18(19)2;/h5-6,11-12H,4,7-10,13-17H2,1-3H3,(H,21,22);1H. The van der Waals surface area contributed by atoms with Crippen LogP contribution in [-0.2, 0) is 6.54 Å². The first kappa shape index (κ1) is 22.2. The molecule has 0 saturated carbocycles. The van der Waals surface area contributed by atoms with Gasteiger partial charge in [-0.05, 0) is 70.3 Å².